The van der Waals surface area contributed by atoms with Gasteiger partial charge in [0.25, 0.3) is 0 Å². The third kappa shape index (κ3) is 3.54. The number of hydrogen-bond donors (Lipinski definition) is 1. The van der Waals surface area contributed by atoms with Gasteiger partial charge in [-0.2, -0.15) is 5.26 Å². The van der Waals surface area contributed by atoms with Crippen molar-refractivity contribution >= 4 is 23.2 Å². The Kier molecular flexibility index (Phi) is 4.77. The van der Waals surface area contributed by atoms with Crippen molar-refractivity contribution in [1.82, 2.24) is 0 Å². The van der Waals surface area contributed by atoms with Crippen molar-refractivity contribution in [3.63, 3.8) is 0 Å². The molecule has 84 valence electrons. The second-order valence-corrected chi connectivity index (χ2v) is 3.53. The smallest absolute Gasteiger partial charge is 0.226 e. The van der Waals surface area contributed by atoms with Crippen LogP contribution in [0.3, 0.4) is 0 Å². The molecule has 0 atom stereocenters. The highest BCUT2D eigenvalue weighted by atomic mass is 35.5. The van der Waals surface area contributed by atoms with Gasteiger partial charge in [0.05, 0.1) is 24.3 Å². The molecule has 0 spiro atoms. The first-order chi connectivity index (χ1) is 7.67. The Labute approximate surface area is 98.8 Å². The third-order valence-electron chi connectivity index (χ3n) is 1.91. The Morgan fingerprint density at radius 3 is 3.00 bits per heavy atom. The summed E-state index contributed by atoms with van der Waals surface area (Å²) < 4.78 is 4.78. The molecule has 0 unspecified atom stereocenters. The van der Waals surface area contributed by atoms with Gasteiger partial charge in [0.1, 0.15) is 6.07 Å². The highest BCUT2D eigenvalue weighted by Gasteiger charge is 2.07. The quantitative estimate of drug-likeness (QED) is 0.875. The van der Waals surface area contributed by atoms with Crippen molar-refractivity contribution < 1.29 is 9.53 Å². The lowest BCUT2D eigenvalue weighted by molar-refractivity contribution is -0.117. The molecule has 1 N–H and O–H groups in total. The molecule has 0 heterocycles. The highest BCUT2D eigenvalue weighted by Crippen LogP contribution is 2.20. The van der Waals surface area contributed by atoms with E-state index in [1.165, 1.54) is 7.11 Å². The van der Waals surface area contributed by atoms with E-state index in [1.54, 1.807) is 18.2 Å². The predicted molar refractivity (Wildman–Crippen MR) is 61.3 cm³/mol. The number of amides is 1. The van der Waals surface area contributed by atoms with Crippen molar-refractivity contribution in [2.75, 3.05) is 19.0 Å². The molecule has 0 radical (unpaired) electrons. The number of rotatable bonds is 4. The minimum atomic E-state index is -0.208. The number of ether oxygens (including phenoxy) is 1. The highest BCUT2D eigenvalue weighted by molar-refractivity contribution is 6.31. The zero-order valence-corrected chi connectivity index (χ0v) is 9.54. The van der Waals surface area contributed by atoms with Crippen LogP contribution < -0.4 is 5.32 Å². The summed E-state index contributed by atoms with van der Waals surface area (Å²) in [6.45, 7) is 0.342. The molecular weight excluding hydrogens is 228 g/mol. The van der Waals surface area contributed by atoms with Crippen LogP contribution in [0.4, 0.5) is 5.69 Å². The van der Waals surface area contributed by atoms with Crippen molar-refractivity contribution in [1.29, 1.82) is 5.26 Å². The van der Waals surface area contributed by atoms with Crippen LogP contribution in [-0.2, 0) is 9.53 Å². The number of anilines is 1. The average molecular weight is 239 g/mol. The number of nitrogens with one attached hydrogen (secondary N) is 1. The van der Waals surface area contributed by atoms with Crippen LogP contribution in [0.25, 0.3) is 0 Å². The molecule has 0 bridgehead atoms. The van der Waals surface area contributed by atoms with Gasteiger partial charge in [-0.3, -0.25) is 4.79 Å². The number of methoxy groups -OCH3 is 1. The van der Waals surface area contributed by atoms with E-state index in [-0.39, 0.29) is 12.3 Å². The summed E-state index contributed by atoms with van der Waals surface area (Å²) in [6.07, 6.45) is 0.244. The molecule has 16 heavy (non-hydrogen) atoms. The molecule has 1 rings (SSSR count). The fourth-order valence-corrected chi connectivity index (χ4v) is 1.30. The fraction of sp³-hybridized carbons (Fsp3) is 0.273. The summed E-state index contributed by atoms with van der Waals surface area (Å²) in [7, 11) is 1.52. The first kappa shape index (κ1) is 12.5. The number of hydrogen-bond acceptors (Lipinski definition) is 3. The summed E-state index contributed by atoms with van der Waals surface area (Å²) >= 11 is 5.78. The minimum absolute atomic E-state index is 0.208. The Morgan fingerprint density at radius 2 is 2.38 bits per heavy atom. The molecule has 0 aliphatic carbocycles. The van der Waals surface area contributed by atoms with Gasteiger partial charge in [0.15, 0.2) is 0 Å². The standard InChI is InChI=1S/C11H11ClN2O2/c1-16-5-4-11(15)14-10-6-9(12)3-2-8(10)7-13/h2-3,6H,4-5H2,1H3,(H,14,15). The molecule has 0 aliphatic heterocycles. The van der Waals surface area contributed by atoms with Crippen molar-refractivity contribution in [2.24, 2.45) is 0 Å². The first-order valence-electron chi connectivity index (χ1n) is 4.66. The SMILES string of the molecule is COCCC(=O)Nc1cc(Cl)ccc1C#N. The van der Waals surface area contributed by atoms with Gasteiger partial charge in [0.2, 0.25) is 5.91 Å². The van der Waals surface area contributed by atoms with Gasteiger partial charge in [0, 0.05) is 12.1 Å². The summed E-state index contributed by atoms with van der Waals surface area (Å²) in [5.74, 6) is -0.208. The molecule has 0 aliphatic rings. The summed E-state index contributed by atoms with van der Waals surface area (Å²) in [4.78, 5) is 11.4. The van der Waals surface area contributed by atoms with Gasteiger partial charge < -0.3 is 10.1 Å². The van der Waals surface area contributed by atoms with Gasteiger partial charge in [-0.1, -0.05) is 11.6 Å². The van der Waals surface area contributed by atoms with Crippen molar-refractivity contribution in [2.45, 2.75) is 6.42 Å². The zero-order valence-electron chi connectivity index (χ0n) is 8.79. The Balaban J connectivity index is 2.76. The van der Waals surface area contributed by atoms with Crippen LogP contribution in [0.1, 0.15) is 12.0 Å². The zero-order chi connectivity index (χ0) is 12.0. The predicted octanol–water partition coefficient (Wildman–Crippen LogP) is 2.19. The molecule has 1 amide bonds. The second kappa shape index (κ2) is 6.11. The molecule has 0 fully saturated rings. The van der Waals surface area contributed by atoms with Gasteiger partial charge in [-0.05, 0) is 18.2 Å². The second-order valence-electron chi connectivity index (χ2n) is 3.09. The van der Waals surface area contributed by atoms with Crippen molar-refractivity contribution in [3.8, 4) is 6.07 Å². The maximum atomic E-state index is 11.4. The van der Waals surface area contributed by atoms with E-state index in [4.69, 9.17) is 21.6 Å². The van der Waals surface area contributed by atoms with Gasteiger partial charge in [-0.15, -0.1) is 0 Å². The Hall–Kier alpha value is -1.57. The van der Waals surface area contributed by atoms with Crippen LogP contribution in [0, 0.1) is 11.3 Å². The molecule has 4 nitrogen and oxygen atoms in total. The van der Waals surface area contributed by atoms with E-state index in [9.17, 15) is 4.79 Å². The molecule has 0 saturated heterocycles. The maximum Gasteiger partial charge on any atom is 0.226 e. The molecular formula is C11H11ClN2O2. The molecule has 1 aromatic rings. The monoisotopic (exact) mass is 238 g/mol. The third-order valence-corrected chi connectivity index (χ3v) is 2.14. The number of benzene rings is 1. The summed E-state index contributed by atoms with van der Waals surface area (Å²) in [6, 6.07) is 6.69. The number of nitrogens with zero attached hydrogens (tertiary/aromatic N) is 1. The Bertz CT molecular complexity index is 426. The Morgan fingerprint density at radius 1 is 1.62 bits per heavy atom. The number of nitriles is 1. The van der Waals surface area contributed by atoms with Crippen LogP contribution in [-0.4, -0.2) is 19.6 Å². The first-order valence-corrected chi connectivity index (χ1v) is 5.03. The van der Waals surface area contributed by atoms with Crippen LogP contribution in [0.5, 0.6) is 0 Å². The lowest BCUT2D eigenvalue weighted by atomic mass is 10.2. The van der Waals surface area contributed by atoms with Gasteiger partial charge in [-0.25, -0.2) is 0 Å². The van der Waals surface area contributed by atoms with E-state index >= 15 is 0 Å². The molecule has 1 aromatic carbocycles. The number of halogens is 1. The van der Waals surface area contributed by atoms with Crippen LogP contribution >= 0.6 is 11.6 Å². The van der Waals surface area contributed by atoms with E-state index in [2.05, 4.69) is 5.32 Å². The summed E-state index contributed by atoms with van der Waals surface area (Å²) in [5, 5.41) is 11.9. The van der Waals surface area contributed by atoms with E-state index in [1.807, 2.05) is 6.07 Å². The van der Waals surface area contributed by atoms with E-state index in [0.29, 0.717) is 22.9 Å². The van der Waals surface area contributed by atoms with E-state index in [0.717, 1.165) is 0 Å². The summed E-state index contributed by atoms with van der Waals surface area (Å²) in [5.41, 5.74) is 0.811. The van der Waals surface area contributed by atoms with E-state index < -0.39 is 0 Å². The molecule has 5 heteroatoms. The lowest BCUT2D eigenvalue weighted by Gasteiger charge is -2.06. The molecule has 0 aromatic heterocycles. The number of carbonyl (C=O) groups excluding carboxylic acids is 1. The molecule has 0 saturated carbocycles. The average Bonchev–Trinajstić information content (AvgIpc) is 2.27. The topological polar surface area (TPSA) is 62.1 Å². The maximum absolute atomic E-state index is 11.4. The normalized spacial score (nSPS) is 9.56. The van der Waals surface area contributed by atoms with Crippen molar-refractivity contribution in [3.05, 3.63) is 28.8 Å². The number of carbonyl (C=O) groups is 1. The lowest BCUT2D eigenvalue weighted by Crippen LogP contribution is -2.14. The van der Waals surface area contributed by atoms with Crippen LogP contribution in [0.15, 0.2) is 18.2 Å². The largest absolute Gasteiger partial charge is 0.384 e. The van der Waals surface area contributed by atoms with Crippen LogP contribution in [0.2, 0.25) is 5.02 Å². The minimum Gasteiger partial charge on any atom is -0.384 e. The fourth-order valence-electron chi connectivity index (χ4n) is 1.12. The van der Waals surface area contributed by atoms with Gasteiger partial charge >= 0.3 is 0 Å².